The van der Waals surface area contributed by atoms with Gasteiger partial charge in [-0.15, -0.1) is 0 Å². The Morgan fingerprint density at radius 1 is 1.19 bits per heavy atom. The van der Waals surface area contributed by atoms with Crippen molar-refractivity contribution in [3.63, 3.8) is 0 Å². The van der Waals surface area contributed by atoms with Gasteiger partial charge >= 0.3 is 0 Å². The summed E-state index contributed by atoms with van der Waals surface area (Å²) in [6.45, 7) is 1.74. The molecular formula is C13H11BrN2O4S. The monoisotopic (exact) mass is 370 g/mol. The number of hydrogen-bond acceptors (Lipinski definition) is 4. The van der Waals surface area contributed by atoms with Gasteiger partial charge in [-0.25, -0.2) is 8.42 Å². The fourth-order valence-corrected chi connectivity index (χ4v) is 3.58. The van der Waals surface area contributed by atoms with E-state index in [9.17, 15) is 18.5 Å². The van der Waals surface area contributed by atoms with Crippen LogP contribution in [-0.4, -0.2) is 13.3 Å². The Labute approximate surface area is 130 Å². The quantitative estimate of drug-likeness (QED) is 0.658. The van der Waals surface area contributed by atoms with Crippen molar-refractivity contribution in [1.29, 1.82) is 0 Å². The van der Waals surface area contributed by atoms with Gasteiger partial charge in [-0.05, 0) is 30.7 Å². The van der Waals surface area contributed by atoms with Gasteiger partial charge in [0.1, 0.15) is 0 Å². The van der Waals surface area contributed by atoms with Crippen LogP contribution in [0.15, 0.2) is 51.8 Å². The highest BCUT2D eigenvalue weighted by Gasteiger charge is 2.26. The minimum absolute atomic E-state index is 0.381. The Bertz CT molecular complexity index is 806. The van der Waals surface area contributed by atoms with E-state index in [2.05, 4.69) is 20.7 Å². The number of para-hydroxylation sites is 1. The molecule has 0 saturated carbocycles. The van der Waals surface area contributed by atoms with Crippen LogP contribution in [0.2, 0.25) is 0 Å². The molecule has 2 aromatic carbocycles. The molecule has 0 aliphatic carbocycles. The summed E-state index contributed by atoms with van der Waals surface area (Å²) >= 11 is 3.12. The van der Waals surface area contributed by atoms with Crippen molar-refractivity contribution >= 4 is 37.3 Å². The number of nitrogens with zero attached hydrogens (tertiary/aromatic N) is 1. The molecule has 2 aromatic rings. The van der Waals surface area contributed by atoms with Gasteiger partial charge < -0.3 is 0 Å². The summed E-state index contributed by atoms with van der Waals surface area (Å²) in [7, 11) is -4.06. The lowest BCUT2D eigenvalue weighted by molar-refractivity contribution is -0.387. The average molecular weight is 371 g/mol. The van der Waals surface area contributed by atoms with Gasteiger partial charge in [0.2, 0.25) is 0 Å². The van der Waals surface area contributed by atoms with Gasteiger partial charge in [-0.1, -0.05) is 34.1 Å². The summed E-state index contributed by atoms with van der Waals surface area (Å²) in [6.07, 6.45) is 0. The van der Waals surface area contributed by atoms with Crippen LogP contribution >= 0.6 is 15.9 Å². The van der Waals surface area contributed by atoms with Crippen LogP contribution in [0, 0.1) is 17.0 Å². The third kappa shape index (κ3) is 3.40. The van der Waals surface area contributed by atoms with Crippen molar-refractivity contribution in [3.05, 3.63) is 62.6 Å². The second kappa shape index (κ2) is 5.82. The molecule has 0 aliphatic heterocycles. The zero-order valence-corrected chi connectivity index (χ0v) is 13.3. The fraction of sp³-hybridized carbons (Fsp3) is 0.0769. The van der Waals surface area contributed by atoms with Crippen LogP contribution in [0.4, 0.5) is 11.4 Å². The number of anilines is 1. The van der Waals surface area contributed by atoms with E-state index in [1.807, 2.05) is 0 Å². The molecule has 0 spiro atoms. The van der Waals surface area contributed by atoms with E-state index in [1.54, 1.807) is 31.2 Å². The van der Waals surface area contributed by atoms with Crippen molar-refractivity contribution in [2.45, 2.75) is 11.8 Å². The Morgan fingerprint density at radius 3 is 2.48 bits per heavy atom. The first-order chi connectivity index (χ1) is 9.81. The Hall–Kier alpha value is -1.93. The molecule has 0 saturated heterocycles. The standard InChI is InChI=1S/C13H11BrN2O4S/c1-9-4-2-3-5-11(9)15-21(19,20)13-8-10(14)6-7-12(13)16(17)18/h2-8,15H,1H3. The molecule has 0 radical (unpaired) electrons. The Morgan fingerprint density at radius 2 is 1.86 bits per heavy atom. The minimum atomic E-state index is -4.06. The molecule has 6 nitrogen and oxygen atoms in total. The third-order valence-corrected chi connectivity index (χ3v) is 4.69. The zero-order valence-electron chi connectivity index (χ0n) is 10.9. The molecule has 0 bridgehead atoms. The second-order valence-electron chi connectivity index (χ2n) is 4.29. The predicted molar refractivity (Wildman–Crippen MR) is 82.8 cm³/mol. The SMILES string of the molecule is Cc1ccccc1NS(=O)(=O)c1cc(Br)ccc1[N+](=O)[O-]. The molecule has 0 unspecified atom stereocenters. The van der Waals surface area contributed by atoms with Crippen LogP contribution in [0.1, 0.15) is 5.56 Å². The van der Waals surface area contributed by atoms with E-state index < -0.39 is 20.6 Å². The molecule has 0 aliphatic rings. The molecule has 0 atom stereocenters. The van der Waals surface area contributed by atoms with Gasteiger partial charge in [0.05, 0.1) is 10.6 Å². The Balaban J connectivity index is 2.52. The molecule has 2 rings (SSSR count). The van der Waals surface area contributed by atoms with E-state index >= 15 is 0 Å². The molecule has 8 heteroatoms. The normalized spacial score (nSPS) is 11.1. The third-order valence-electron chi connectivity index (χ3n) is 2.80. The average Bonchev–Trinajstić information content (AvgIpc) is 2.41. The van der Waals surface area contributed by atoms with Crippen LogP contribution in [0.5, 0.6) is 0 Å². The number of nitro groups is 1. The first kappa shape index (κ1) is 15.5. The summed E-state index contributed by atoms with van der Waals surface area (Å²) in [4.78, 5) is 9.89. The number of halogens is 1. The summed E-state index contributed by atoms with van der Waals surface area (Å²) in [5, 5.41) is 11.0. The highest BCUT2D eigenvalue weighted by atomic mass is 79.9. The van der Waals surface area contributed by atoms with Crippen LogP contribution in [0.3, 0.4) is 0 Å². The van der Waals surface area contributed by atoms with E-state index in [0.29, 0.717) is 10.2 Å². The number of benzene rings is 2. The van der Waals surface area contributed by atoms with Crippen LogP contribution in [-0.2, 0) is 10.0 Å². The van der Waals surface area contributed by atoms with E-state index in [-0.39, 0.29) is 4.90 Å². The molecule has 0 heterocycles. The molecule has 0 fully saturated rings. The van der Waals surface area contributed by atoms with Crippen LogP contribution < -0.4 is 4.72 Å². The molecule has 0 aromatic heterocycles. The first-order valence-electron chi connectivity index (χ1n) is 5.83. The molecule has 21 heavy (non-hydrogen) atoms. The number of rotatable bonds is 4. The van der Waals surface area contributed by atoms with Crippen molar-refractivity contribution in [2.75, 3.05) is 4.72 Å². The van der Waals surface area contributed by atoms with Gasteiger partial charge in [-0.3, -0.25) is 14.8 Å². The summed E-state index contributed by atoms with van der Waals surface area (Å²) in [5.74, 6) is 0. The number of nitrogens with one attached hydrogen (secondary N) is 1. The lowest BCUT2D eigenvalue weighted by atomic mass is 10.2. The maximum Gasteiger partial charge on any atom is 0.289 e. The smallest absolute Gasteiger partial charge is 0.279 e. The van der Waals surface area contributed by atoms with Crippen molar-refractivity contribution in [2.24, 2.45) is 0 Å². The summed E-state index contributed by atoms with van der Waals surface area (Å²) in [6, 6.07) is 10.6. The lowest BCUT2D eigenvalue weighted by Crippen LogP contribution is -2.15. The summed E-state index contributed by atoms with van der Waals surface area (Å²) < 4.78 is 27.6. The minimum Gasteiger partial charge on any atom is -0.279 e. The van der Waals surface area contributed by atoms with Crippen molar-refractivity contribution in [3.8, 4) is 0 Å². The van der Waals surface area contributed by atoms with E-state index in [1.165, 1.54) is 12.1 Å². The van der Waals surface area contributed by atoms with Gasteiger partial charge in [0.15, 0.2) is 4.90 Å². The first-order valence-corrected chi connectivity index (χ1v) is 8.11. The number of nitro benzene ring substituents is 1. The highest BCUT2D eigenvalue weighted by molar-refractivity contribution is 9.10. The lowest BCUT2D eigenvalue weighted by Gasteiger charge is -2.10. The largest absolute Gasteiger partial charge is 0.289 e. The number of hydrogen-bond donors (Lipinski definition) is 1. The second-order valence-corrected chi connectivity index (χ2v) is 6.86. The summed E-state index contributed by atoms with van der Waals surface area (Å²) in [5.41, 5.74) is 0.629. The van der Waals surface area contributed by atoms with Gasteiger partial charge in [0.25, 0.3) is 15.7 Å². The molecule has 1 N–H and O–H groups in total. The van der Waals surface area contributed by atoms with Crippen LogP contribution in [0.25, 0.3) is 0 Å². The van der Waals surface area contributed by atoms with Crippen molar-refractivity contribution in [1.82, 2.24) is 0 Å². The maximum absolute atomic E-state index is 12.4. The number of sulfonamides is 1. The van der Waals surface area contributed by atoms with Crippen molar-refractivity contribution < 1.29 is 13.3 Å². The predicted octanol–water partition coefficient (Wildman–Crippen LogP) is 3.47. The molecule has 0 amide bonds. The zero-order chi connectivity index (χ0) is 15.6. The van der Waals surface area contributed by atoms with E-state index in [0.717, 1.165) is 11.6 Å². The molecule has 110 valence electrons. The molecular weight excluding hydrogens is 360 g/mol. The van der Waals surface area contributed by atoms with Gasteiger partial charge in [-0.2, -0.15) is 0 Å². The fourth-order valence-electron chi connectivity index (χ4n) is 1.74. The topological polar surface area (TPSA) is 89.3 Å². The van der Waals surface area contributed by atoms with E-state index in [4.69, 9.17) is 0 Å². The highest BCUT2D eigenvalue weighted by Crippen LogP contribution is 2.29. The maximum atomic E-state index is 12.4. The van der Waals surface area contributed by atoms with Gasteiger partial charge in [0, 0.05) is 10.5 Å². The number of aryl methyl sites for hydroxylation is 1. The Kier molecular flexibility index (Phi) is 4.29.